The van der Waals surface area contributed by atoms with E-state index in [0.29, 0.717) is 18.9 Å². The van der Waals surface area contributed by atoms with Crippen molar-refractivity contribution in [3.63, 3.8) is 0 Å². The van der Waals surface area contributed by atoms with Crippen molar-refractivity contribution in [1.29, 1.82) is 0 Å². The van der Waals surface area contributed by atoms with Crippen LogP contribution in [0.4, 0.5) is 0 Å². The van der Waals surface area contributed by atoms with Crippen LogP contribution in [0.25, 0.3) is 0 Å². The zero-order valence-corrected chi connectivity index (χ0v) is 12.4. The zero-order valence-electron chi connectivity index (χ0n) is 12.4. The van der Waals surface area contributed by atoms with Gasteiger partial charge < -0.3 is 14.4 Å². The maximum Gasteiger partial charge on any atom is 0.223 e. The lowest BCUT2D eigenvalue weighted by Gasteiger charge is -2.39. The molecule has 1 aliphatic heterocycles. The molecule has 2 fully saturated rings. The molecule has 1 saturated carbocycles. The van der Waals surface area contributed by atoms with Gasteiger partial charge in [-0.15, -0.1) is 0 Å². The molecule has 5 nitrogen and oxygen atoms in total. The van der Waals surface area contributed by atoms with Gasteiger partial charge in [0.1, 0.15) is 5.76 Å². The summed E-state index contributed by atoms with van der Waals surface area (Å²) in [5.74, 6) is 1.08. The topological polar surface area (TPSA) is 56.9 Å². The summed E-state index contributed by atoms with van der Waals surface area (Å²) in [6, 6.07) is 4.07. The first-order chi connectivity index (χ1) is 10.2. The first kappa shape index (κ1) is 14.6. The molecule has 2 atom stereocenters. The number of nitrogens with zero attached hydrogens (tertiary/aromatic N) is 2. The standard InChI is InChI=1S/C16H24N2O3/c19-15-5-1-4-14(15)17-8-10-18(11-9-17)16(20)7-6-13-3-2-12-21-13/h2-3,12,14-15,19H,1,4-11H2/t14-,15-/m0/s1. The number of piperazine rings is 1. The third-order valence-corrected chi connectivity index (χ3v) is 4.75. The average Bonchev–Trinajstić information content (AvgIpc) is 3.16. The van der Waals surface area contributed by atoms with Gasteiger partial charge in [0.2, 0.25) is 5.91 Å². The summed E-state index contributed by atoms with van der Waals surface area (Å²) in [6.07, 6.45) is 5.79. The van der Waals surface area contributed by atoms with Crippen molar-refractivity contribution >= 4 is 5.91 Å². The third-order valence-electron chi connectivity index (χ3n) is 4.75. The molecular formula is C16H24N2O3. The Hall–Kier alpha value is -1.33. The predicted molar refractivity (Wildman–Crippen MR) is 78.8 cm³/mol. The summed E-state index contributed by atoms with van der Waals surface area (Å²) in [4.78, 5) is 16.5. The Bertz CT molecular complexity index is 452. The Morgan fingerprint density at radius 3 is 2.71 bits per heavy atom. The fourth-order valence-electron chi connectivity index (χ4n) is 3.49. The molecule has 1 aromatic heterocycles. The quantitative estimate of drug-likeness (QED) is 0.908. The fraction of sp³-hybridized carbons (Fsp3) is 0.688. The van der Waals surface area contributed by atoms with Crippen LogP contribution in [0.15, 0.2) is 22.8 Å². The summed E-state index contributed by atoms with van der Waals surface area (Å²) in [6.45, 7) is 3.32. The van der Waals surface area contributed by atoms with Crippen LogP contribution in [0.2, 0.25) is 0 Å². The number of aliphatic hydroxyl groups is 1. The van der Waals surface area contributed by atoms with Crippen LogP contribution in [-0.2, 0) is 11.2 Å². The van der Waals surface area contributed by atoms with Gasteiger partial charge in [0.25, 0.3) is 0 Å². The van der Waals surface area contributed by atoms with E-state index >= 15 is 0 Å². The van der Waals surface area contributed by atoms with Crippen molar-refractivity contribution in [2.45, 2.75) is 44.2 Å². The highest BCUT2D eigenvalue weighted by Crippen LogP contribution is 2.25. The molecule has 0 radical (unpaired) electrons. The number of hydrogen-bond donors (Lipinski definition) is 1. The normalized spacial score (nSPS) is 27.2. The molecule has 1 aliphatic carbocycles. The van der Waals surface area contributed by atoms with Crippen molar-refractivity contribution in [2.75, 3.05) is 26.2 Å². The molecule has 21 heavy (non-hydrogen) atoms. The Kier molecular flexibility index (Phi) is 4.60. The van der Waals surface area contributed by atoms with Crippen LogP contribution in [-0.4, -0.2) is 59.1 Å². The molecule has 5 heteroatoms. The summed E-state index contributed by atoms with van der Waals surface area (Å²) >= 11 is 0. The van der Waals surface area contributed by atoms with Crippen LogP contribution >= 0.6 is 0 Å². The lowest BCUT2D eigenvalue weighted by atomic mass is 10.1. The second kappa shape index (κ2) is 6.62. The Morgan fingerprint density at radius 2 is 2.10 bits per heavy atom. The van der Waals surface area contributed by atoms with Crippen molar-refractivity contribution in [1.82, 2.24) is 9.80 Å². The van der Waals surface area contributed by atoms with Crippen LogP contribution in [0, 0.1) is 0 Å². The minimum absolute atomic E-state index is 0.175. The zero-order chi connectivity index (χ0) is 14.7. The van der Waals surface area contributed by atoms with E-state index in [1.54, 1.807) is 6.26 Å². The maximum absolute atomic E-state index is 12.2. The van der Waals surface area contributed by atoms with Gasteiger partial charge in [-0.25, -0.2) is 0 Å². The molecule has 1 aromatic rings. The Morgan fingerprint density at radius 1 is 1.29 bits per heavy atom. The SMILES string of the molecule is O=C(CCc1ccco1)N1CCN([C@H]2CCC[C@@H]2O)CC1. The molecule has 2 aliphatic rings. The van der Waals surface area contributed by atoms with E-state index in [1.807, 2.05) is 17.0 Å². The first-order valence-corrected chi connectivity index (χ1v) is 7.96. The average molecular weight is 292 g/mol. The van der Waals surface area contributed by atoms with Gasteiger partial charge in [0, 0.05) is 45.1 Å². The van der Waals surface area contributed by atoms with Crippen molar-refractivity contribution in [2.24, 2.45) is 0 Å². The van der Waals surface area contributed by atoms with Crippen LogP contribution in [0.3, 0.4) is 0 Å². The molecule has 0 unspecified atom stereocenters. The largest absolute Gasteiger partial charge is 0.469 e. The molecule has 1 N–H and O–H groups in total. The van der Waals surface area contributed by atoms with E-state index in [4.69, 9.17) is 4.42 Å². The van der Waals surface area contributed by atoms with E-state index < -0.39 is 0 Å². The molecule has 1 amide bonds. The lowest BCUT2D eigenvalue weighted by Crippen LogP contribution is -2.53. The van der Waals surface area contributed by atoms with Gasteiger partial charge >= 0.3 is 0 Å². The molecule has 0 spiro atoms. The van der Waals surface area contributed by atoms with E-state index in [0.717, 1.165) is 51.2 Å². The maximum atomic E-state index is 12.2. The third kappa shape index (κ3) is 3.47. The number of rotatable bonds is 4. The Labute approximate surface area is 125 Å². The monoisotopic (exact) mass is 292 g/mol. The minimum Gasteiger partial charge on any atom is -0.469 e. The van der Waals surface area contributed by atoms with E-state index in [2.05, 4.69) is 4.90 Å². The van der Waals surface area contributed by atoms with Crippen molar-refractivity contribution in [3.05, 3.63) is 24.2 Å². The number of carbonyl (C=O) groups is 1. The number of aryl methyl sites for hydroxylation is 1. The van der Waals surface area contributed by atoms with Crippen LogP contribution < -0.4 is 0 Å². The van der Waals surface area contributed by atoms with Crippen molar-refractivity contribution in [3.8, 4) is 0 Å². The molecule has 2 heterocycles. The summed E-state index contributed by atoms with van der Waals surface area (Å²) in [7, 11) is 0. The minimum atomic E-state index is -0.175. The molecule has 1 saturated heterocycles. The van der Waals surface area contributed by atoms with Gasteiger partial charge in [-0.3, -0.25) is 9.69 Å². The highest BCUT2D eigenvalue weighted by atomic mass is 16.3. The number of furan rings is 1. The first-order valence-electron chi connectivity index (χ1n) is 7.96. The lowest BCUT2D eigenvalue weighted by molar-refractivity contribution is -0.133. The smallest absolute Gasteiger partial charge is 0.223 e. The van der Waals surface area contributed by atoms with E-state index in [1.165, 1.54) is 0 Å². The number of carbonyl (C=O) groups excluding carboxylic acids is 1. The fourth-order valence-corrected chi connectivity index (χ4v) is 3.49. The van der Waals surface area contributed by atoms with Crippen molar-refractivity contribution < 1.29 is 14.3 Å². The summed E-state index contributed by atoms with van der Waals surface area (Å²) in [5.41, 5.74) is 0. The summed E-state index contributed by atoms with van der Waals surface area (Å²) in [5, 5.41) is 9.97. The molecule has 116 valence electrons. The molecule has 0 bridgehead atoms. The van der Waals surface area contributed by atoms with E-state index in [9.17, 15) is 9.90 Å². The van der Waals surface area contributed by atoms with Gasteiger partial charge in [-0.05, 0) is 31.4 Å². The second-order valence-corrected chi connectivity index (χ2v) is 6.06. The highest BCUT2D eigenvalue weighted by molar-refractivity contribution is 5.76. The predicted octanol–water partition coefficient (Wildman–Crippen LogP) is 1.27. The second-order valence-electron chi connectivity index (χ2n) is 6.06. The van der Waals surface area contributed by atoms with E-state index in [-0.39, 0.29) is 12.0 Å². The molecule has 0 aromatic carbocycles. The Balaban J connectivity index is 1.43. The van der Waals surface area contributed by atoms with Crippen LogP contribution in [0.5, 0.6) is 0 Å². The number of amides is 1. The van der Waals surface area contributed by atoms with Crippen LogP contribution in [0.1, 0.15) is 31.4 Å². The summed E-state index contributed by atoms with van der Waals surface area (Å²) < 4.78 is 5.26. The van der Waals surface area contributed by atoms with Gasteiger partial charge in [-0.2, -0.15) is 0 Å². The molecule has 3 rings (SSSR count). The van der Waals surface area contributed by atoms with Gasteiger partial charge in [0.15, 0.2) is 0 Å². The number of hydrogen-bond acceptors (Lipinski definition) is 4. The highest BCUT2D eigenvalue weighted by Gasteiger charge is 2.33. The molecular weight excluding hydrogens is 268 g/mol. The van der Waals surface area contributed by atoms with Gasteiger partial charge in [0.05, 0.1) is 12.4 Å². The number of aliphatic hydroxyl groups excluding tert-OH is 1. The van der Waals surface area contributed by atoms with Gasteiger partial charge in [-0.1, -0.05) is 0 Å².